The van der Waals surface area contributed by atoms with Gasteiger partial charge in [-0.1, -0.05) is 24.3 Å². The van der Waals surface area contributed by atoms with Crippen LogP contribution < -0.4 is 0 Å². The third-order valence-electron chi connectivity index (χ3n) is 3.20. The third-order valence-corrected chi connectivity index (χ3v) is 3.42. The Morgan fingerprint density at radius 2 is 2.20 bits per heavy atom. The second-order valence-corrected chi connectivity index (χ2v) is 4.72. The van der Waals surface area contributed by atoms with E-state index in [0.717, 1.165) is 6.42 Å². The Labute approximate surface area is 96.3 Å². The smallest absolute Gasteiger partial charge is 0.185 e. The predicted molar refractivity (Wildman–Crippen MR) is 65.3 cm³/mol. The van der Waals surface area contributed by atoms with Crippen molar-refractivity contribution in [2.45, 2.75) is 38.0 Å². The number of benzene rings is 1. The van der Waals surface area contributed by atoms with Crippen LogP contribution in [0.25, 0.3) is 0 Å². The van der Waals surface area contributed by atoms with E-state index in [9.17, 15) is 4.79 Å². The fourth-order valence-corrected chi connectivity index (χ4v) is 2.58. The molecule has 1 nitrogen and oxygen atoms in total. The highest BCUT2D eigenvalue weighted by molar-refractivity contribution is 7.96. The molecule has 1 aliphatic carbocycles. The summed E-state index contributed by atoms with van der Waals surface area (Å²) in [6.45, 7) is 0. The highest BCUT2D eigenvalue weighted by Crippen LogP contribution is 2.34. The van der Waals surface area contributed by atoms with Gasteiger partial charge in [-0.3, -0.25) is 4.79 Å². The molecule has 0 bridgehead atoms. The van der Waals surface area contributed by atoms with Gasteiger partial charge in [0.1, 0.15) is 0 Å². The summed E-state index contributed by atoms with van der Waals surface area (Å²) in [5, 5.41) is 0.0121. The lowest BCUT2D eigenvalue weighted by molar-refractivity contribution is -0.110. The van der Waals surface area contributed by atoms with Crippen molar-refractivity contribution in [1.29, 1.82) is 0 Å². The molecule has 1 aromatic rings. The molecule has 1 aliphatic rings. The van der Waals surface area contributed by atoms with E-state index in [1.54, 1.807) is 0 Å². The molecule has 0 N–H and O–H groups in total. The number of rotatable bonds is 3. The topological polar surface area (TPSA) is 17.1 Å². The lowest BCUT2D eigenvalue weighted by Gasteiger charge is -2.24. The first-order valence-electron chi connectivity index (χ1n) is 5.57. The number of carbonyl (C=O) groups excluding carboxylic acids is 1. The van der Waals surface area contributed by atoms with Crippen LogP contribution in [0.1, 0.15) is 42.7 Å². The molecule has 0 saturated heterocycles. The molecular weight excluding hydrogens is 204 g/mol. The standard InChI is InChI=1S/C13H16OS/c14-13(15)9-8-11-6-3-5-10-4-1-2-7-12(10)11/h1-2,4,7,11H,3,5-6,8-9H2,(H,14,15). The Kier molecular flexibility index (Phi) is 3.47. The van der Waals surface area contributed by atoms with Gasteiger partial charge in [0.05, 0.1) is 0 Å². The molecule has 0 radical (unpaired) electrons. The first-order chi connectivity index (χ1) is 7.27. The number of thiol groups is 1. The summed E-state index contributed by atoms with van der Waals surface area (Å²) in [6, 6.07) is 8.62. The summed E-state index contributed by atoms with van der Waals surface area (Å²) >= 11 is 3.83. The molecule has 80 valence electrons. The highest BCUT2D eigenvalue weighted by atomic mass is 32.1. The van der Waals surface area contributed by atoms with Gasteiger partial charge in [-0.05, 0) is 42.7 Å². The van der Waals surface area contributed by atoms with E-state index >= 15 is 0 Å². The number of fused-ring (bicyclic) bond motifs is 1. The average molecular weight is 220 g/mol. The predicted octanol–water partition coefficient (Wildman–Crippen LogP) is 3.34. The molecule has 2 heteroatoms. The second-order valence-electron chi connectivity index (χ2n) is 4.22. The van der Waals surface area contributed by atoms with Gasteiger partial charge >= 0.3 is 0 Å². The van der Waals surface area contributed by atoms with Crippen LogP contribution in [0.3, 0.4) is 0 Å². The molecule has 1 aromatic carbocycles. The molecule has 2 rings (SSSR count). The lowest BCUT2D eigenvalue weighted by atomic mass is 9.80. The van der Waals surface area contributed by atoms with E-state index in [0.29, 0.717) is 12.3 Å². The zero-order chi connectivity index (χ0) is 10.7. The van der Waals surface area contributed by atoms with Gasteiger partial charge in [0.25, 0.3) is 0 Å². The number of hydrogen-bond donors (Lipinski definition) is 1. The molecular formula is C13H16OS. The first-order valence-corrected chi connectivity index (χ1v) is 6.01. The Hall–Kier alpha value is -0.760. The van der Waals surface area contributed by atoms with Crippen LogP contribution in [0.2, 0.25) is 0 Å². The fourth-order valence-electron chi connectivity index (χ4n) is 2.45. The van der Waals surface area contributed by atoms with Crippen LogP contribution in [0.4, 0.5) is 0 Å². The molecule has 0 saturated carbocycles. The summed E-state index contributed by atoms with van der Waals surface area (Å²) in [6.07, 6.45) is 5.23. The summed E-state index contributed by atoms with van der Waals surface area (Å²) in [4.78, 5) is 10.9. The lowest BCUT2D eigenvalue weighted by Crippen LogP contribution is -2.10. The monoisotopic (exact) mass is 220 g/mol. The zero-order valence-electron chi connectivity index (χ0n) is 8.78. The maximum Gasteiger partial charge on any atom is 0.185 e. The minimum absolute atomic E-state index is 0.0121. The maximum absolute atomic E-state index is 10.9. The van der Waals surface area contributed by atoms with Crippen LogP contribution >= 0.6 is 12.6 Å². The van der Waals surface area contributed by atoms with E-state index < -0.39 is 0 Å². The molecule has 0 aliphatic heterocycles. The van der Waals surface area contributed by atoms with Crippen molar-refractivity contribution in [2.24, 2.45) is 0 Å². The molecule has 1 atom stereocenters. The SMILES string of the molecule is O=C(S)CCC1CCCc2ccccc21. The average Bonchev–Trinajstić information content (AvgIpc) is 2.26. The molecule has 0 amide bonds. The van der Waals surface area contributed by atoms with E-state index in [1.807, 2.05) is 0 Å². The quantitative estimate of drug-likeness (QED) is 0.773. The molecule has 0 spiro atoms. The van der Waals surface area contributed by atoms with Crippen molar-refractivity contribution in [1.82, 2.24) is 0 Å². The van der Waals surface area contributed by atoms with Crippen LogP contribution in [0, 0.1) is 0 Å². The van der Waals surface area contributed by atoms with Gasteiger partial charge in [-0.15, -0.1) is 12.6 Å². The van der Waals surface area contributed by atoms with E-state index in [4.69, 9.17) is 0 Å². The minimum atomic E-state index is 0.0121. The number of carbonyl (C=O) groups is 1. The Bertz CT molecular complexity index is 359. The normalized spacial score (nSPS) is 19.7. The Balaban J connectivity index is 2.11. The van der Waals surface area contributed by atoms with Gasteiger partial charge in [-0.25, -0.2) is 0 Å². The summed E-state index contributed by atoms with van der Waals surface area (Å²) in [7, 11) is 0. The maximum atomic E-state index is 10.9. The van der Waals surface area contributed by atoms with Crippen molar-refractivity contribution in [3.63, 3.8) is 0 Å². The van der Waals surface area contributed by atoms with Gasteiger partial charge in [0.15, 0.2) is 5.12 Å². The van der Waals surface area contributed by atoms with E-state index in [2.05, 4.69) is 36.9 Å². The summed E-state index contributed by atoms with van der Waals surface area (Å²) in [5.74, 6) is 0.575. The van der Waals surface area contributed by atoms with E-state index in [1.165, 1.54) is 30.4 Å². The van der Waals surface area contributed by atoms with Crippen molar-refractivity contribution < 1.29 is 4.79 Å². The van der Waals surface area contributed by atoms with Gasteiger partial charge in [0, 0.05) is 6.42 Å². The highest BCUT2D eigenvalue weighted by Gasteiger charge is 2.19. The molecule has 15 heavy (non-hydrogen) atoms. The van der Waals surface area contributed by atoms with E-state index in [-0.39, 0.29) is 5.12 Å². The van der Waals surface area contributed by atoms with Gasteiger partial charge < -0.3 is 0 Å². The van der Waals surface area contributed by atoms with Crippen molar-refractivity contribution in [2.75, 3.05) is 0 Å². The number of aryl methyl sites for hydroxylation is 1. The van der Waals surface area contributed by atoms with Crippen molar-refractivity contribution in [3.8, 4) is 0 Å². The van der Waals surface area contributed by atoms with Crippen LogP contribution in [0.5, 0.6) is 0 Å². The second kappa shape index (κ2) is 4.84. The zero-order valence-corrected chi connectivity index (χ0v) is 9.67. The summed E-state index contributed by atoms with van der Waals surface area (Å²) < 4.78 is 0. The van der Waals surface area contributed by atoms with Crippen LogP contribution in [0.15, 0.2) is 24.3 Å². The molecule has 0 aromatic heterocycles. The molecule has 1 unspecified atom stereocenters. The fraction of sp³-hybridized carbons (Fsp3) is 0.462. The van der Waals surface area contributed by atoms with Crippen molar-refractivity contribution >= 4 is 17.7 Å². The Morgan fingerprint density at radius 3 is 3.00 bits per heavy atom. The third kappa shape index (κ3) is 2.63. The van der Waals surface area contributed by atoms with Gasteiger partial charge in [-0.2, -0.15) is 0 Å². The largest absolute Gasteiger partial charge is 0.288 e. The van der Waals surface area contributed by atoms with Crippen molar-refractivity contribution in [3.05, 3.63) is 35.4 Å². The number of hydrogen-bond acceptors (Lipinski definition) is 1. The molecule has 0 fully saturated rings. The van der Waals surface area contributed by atoms with Gasteiger partial charge in [0.2, 0.25) is 0 Å². The van der Waals surface area contributed by atoms with Crippen LogP contribution in [-0.4, -0.2) is 5.12 Å². The summed E-state index contributed by atoms with van der Waals surface area (Å²) in [5.41, 5.74) is 2.93. The minimum Gasteiger partial charge on any atom is -0.288 e. The first kappa shape index (κ1) is 10.7. The molecule has 0 heterocycles. The Morgan fingerprint density at radius 1 is 1.40 bits per heavy atom. The van der Waals surface area contributed by atoms with Crippen LogP contribution in [-0.2, 0) is 11.2 Å².